The molecule has 0 aromatic carbocycles. The van der Waals surface area contributed by atoms with Gasteiger partial charge in [-0.2, -0.15) is 11.8 Å². The van der Waals surface area contributed by atoms with Gasteiger partial charge in [0.15, 0.2) is 0 Å². The van der Waals surface area contributed by atoms with Crippen LogP contribution in [-0.2, 0) is 0 Å². The second kappa shape index (κ2) is 13.4. The SMILES string of the molecule is CCCCCSCCCCC(C)NCCC. The van der Waals surface area contributed by atoms with Crippen molar-refractivity contribution in [2.24, 2.45) is 0 Å². The minimum atomic E-state index is 0.713. The van der Waals surface area contributed by atoms with Crippen LogP contribution in [0.5, 0.6) is 0 Å². The average molecular weight is 245 g/mol. The minimum absolute atomic E-state index is 0.713. The van der Waals surface area contributed by atoms with Crippen molar-refractivity contribution in [3.8, 4) is 0 Å². The molecule has 1 unspecified atom stereocenters. The molecule has 0 bridgehead atoms. The molecule has 16 heavy (non-hydrogen) atoms. The standard InChI is InChI=1S/C14H31NS/c1-4-6-8-12-16-13-9-7-10-14(3)15-11-5-2/h14-15H,4-13H2,1-3H3. The maximum Gasteiger partial charge on any atom is 0.00387 e. The van der Waals surface area contributed by atoms with Crippen LogP contribution in [0.15, 0.2) is 0 Å². The van der Waals surface area contributed by atoms with Gasteiger partial charge in [0, 0.05) is 6.04 Å². The van der Waals surface area contributed by atoms with E-state index in [1.807, 2.05) is 0 Å². The fourth-order valence-corrected chi connectivity index (χ4v) is 2.72. The highest BCUT2D eigenvalue weighted by Gasteiger charge is 1.99. The van der Waals surface area contributed by atoms with Crippen LogP contribution < -0.4 is 5.32 Å². The van der Waals surface area contributed by atoms with E-state index < -0.39 is 0 Å². The molecule has 0 heterocycles. The van der Waals surface area contributed by atoms with E-state index in [-0.39, 0.29) is 0 Å². The number of thioether (sulfide) groups is 1. The van der Waals surface area contributed by atoms with E-state index in [9.17, 15) is 0 Å². The first-order valence-corrected chi connectivity index (χ1v) is 8.27. The third-order valence-electron chi connectivity index (χ3n) is 2.81. The van der Waals surface area contributed by atoms with Gasteiger partial charge in [-0.25, -0.2) is 0 Å². The molecule has 0 amide bonds. The lowest BCUT2D eigenvalue weighted by Crippen LogP contribution is -2.26. The summed E-state index contributed by atoms with van der Waals surface area (Å²) in [6.45, 7) is 7.99. The molecule has 0 aliphatic heterocycles. The Morgan fingerprint density at radius 2 is 1.62 bits per heavy atom. The molecule has 0 aromatic rings. The normalized spacial score (nSPS) is 12.9. The topological polar surface area (TPSA) is 12.0 Å². The first kappa shape index (κ1) is 16.3. The quantitative estimate of drug-likeness (QED) is 0.509. The van der Waals surface area contributed by atoms with E-state index in [1.165, 1.54) is 63.0 Å². The Labute approximate surface area is 107 Å². The second-order valence-electron chi connectivity index (χ2n) is 4.67. The van der Waals surface area contributed by atoms with Crippen molar-refractivity contribution in [2.45, 2.75) is 71.8 Å². The molecule has 0 aliphatic carbocycles. The zero-order chi connectivity index (χ0) is 12.1. The van der Waals surface area contributed by atoms with Crippen molar-refractivity contribution in [1.82, 2.24) is 5.32 Å². The van der Waals surface area contributed by atoms with E-state index in [0.717, 1.165) is 0 Å². The summed E-state index contributed by atoms with van der Waals surface area (Å²) >= 11 is 2.14. The van der Waals surface area contributed by atoms with Crippen molar-refractivity contribution in [3.05, 3.63) is 0 Å². The smallest absolute Gasteiger partial charge is 0.00387 e. The van der Waals surface area contributed by atoms with Crippen molar-refractivity contribution in [2.75, 3.05) is 18.1 Å². The molecule has 0 saturated carbocycles. The second-order valence-corrected chi connectivity index (χ2v) is 5.90. The first-order chi connectivity index (χ1) is 7.81. The van der Waals surface area contributed by atoms with Gasteiger partial charge in [-0.15, -0.1) is 0 Å². The van der Waals surface area contributed by atoms with Gasteiger partial charge >= 0.3 is 0 Å². The molecular formula is C14H31NS. The van der Waals surface area contributed by atoms with Gasteiger partial charge in [0.05, 0.1) is 0 Å². The molecule has 2 heteroatoms. The third-order valence-corrected chi connectivity index (χ3v) is 3.97. The molecule has 1 nitrogen and oxygen atoms in total. The molecular weight excluding hydrogens is 214 g/mol. The maximum atomic E-state index is 3.54. The molecule has 0 spiro atoms. The predicted octanol–water partition coefficient (Wildman–Crippen LogP) is 4.47. The van der Waals surface area contributed by atoms with E-state index >= 15 is 0 Å². The van der Waals surface area contributed by atoms with Gasteiger partial charge in [-0.3, -0.25) is 0 Å². The van der Waals surface area contributed by atoms with Gasteiger partial charge in [-0.1, -0.05) is 33.1 Å². The Kier molecular flexibility index (Phi) is 13.6. The number of nitrogens with one attached hydrogen (secondary N) is 1. The van der Waals surface area contributed by atoms with E-state index in [2.05, 4.69) is 37.8 Å². The first-order valence-electron chi connectivity index (χ1n) is 7.12. The van der Waals surface area contributed by atoms with Gasteiger partial charge < -0.3 is 5.32 Å². The van der Waals surface area contributed by atoms with E-state index in [1.54, 1.807) is 0 Å². The lowest BCUT2D eigenvalue weighted by molar-refractivity contribution is 0.496. The van der Waals surface area contributed by atoms with Gasteiger partial charge in [0.25, 0.3) is 0 Å². The molecule has 98 valence electrons. The molecule has 0 aromatic heterocycles. The highest BCUT2D eigenvalue weighted by atomic mass is 32.2. The van der Waals surface area contributed by atoms with Crippen LogP contribution in [0.1, 0.15) is 65.7 Å². The van der Waals surface area contributed by atoms with Crippen molar-refractivity contribution >= 4 is 11.8 Å². The van der Waals surface area contributed by atoms with Crippen LogP contribution in [0.3, 0.4) is 0 Å². The Balaban J connectivity index is 3.02. The fourth-order valence-electron chi connectivity index (χ4n) is 1.70. The zero-order valence-electron chi connectivity index (χ0n) is 11.6. The fraction of sp³-hybridized carbons (Fsp3) is 1.00. The largest absolute Gasteiger partial charge is 0.314 e. The van der Waals surface area contributed by atoms with Crippen molar-refractivity contribution in [3.63, 3.8) is 0 Å². The highest BCUT2D eigenvalue weighted by Crippen LogP contribution is 2.10. The summed E-state index contributed by atoms with van der Waals surface area (Å²) in [6, 6.07) is 0.713. The summed E-state index contributed by atoms with van der Waals surface area (Å²) in [5, 5.41) is 3.54. The number of unbranched alkanes of at least 4 members (excludes halogenated alkanes) is 3. The van der Waals surface area contributed by atoms with E-state index in [4.69, 9.17) is 0 Å². The summed E-state index contributed by atoms with van der Waals surface area (Å²) in [4.78, 5) is 0. The van der Waals surface area contributed by atoms with Crippen molar-refractivity contribution < 1.29 is 0 Å². The van der Waals surface area contributed by atoms with Gasteiger partial charge in [0.2, 0.25) is 0 Å². The van der Waals surface area contributed by atoms with Gasteiger partial charge in [-0.05, 0) is 50.7 Å². The molecule has 1 atom stereocenters. The van der Waals surface area contributed by atoms with Crippen LogP contribution in [0, 0.1) is 0 Å². The summed E-state index contributed by atoms with van der Waals surface area (Å²) in [6.07, 6.45) is 9.54. The summed E-state index contributed by atoms with van der Waals surface area (Å²) in [7, 11) is 0. The lowest BCUT2D eigenvalue weighted by atomic mass is 10.1. The number of rotatable bonds is 12. The summed E-state index contributed by atoms with van der Waals surface area (Å²) < 4.78 is 0. The highest BCUT2D eigenvalue weighted by molar-refractivity contribution is 7.99. The number of hydrogen-bond acceptors (Lipinski definition) is 2. The monoisotopic (exact) mass is 245 g/mol. The predicted molar refractivity (Wildman–Crippen MR) is 78.5 cm³/mol. The Hall–Kier alpha value is 0.310. The molecule has 0 radical (unpaired) electrons. The lowest BCUT2D eigenvalue weighted by Gasteiger charge is -2.12. The Morgan fingerprint density at radius 1 is 0.938 bits per heavy atom. The molecule has 1 N–H and O–H groups in total. The maximum absolute atomic E-state index is 3.54. The third kappa shape index (κ3) is 12.4. The molecule has 0 saturated heterocycles. The Bertz CT molecular complexity index is 128. The molecule has 0 aliphatic rings. The van der Waals surface area contributed by atoms with Crippen LogP contribution >= 0.6 is 11.8 Å². The molecule has 0 rings (SSSR count). The zero-order valence-corrected chi connectivity index (χ0v) is 12.4. The summed E-state index contributed by atoms with van der Waals surface area (Å²) in [5.41, 5.74) is 0. The van der Waals surface area contributed by atoms with Crippen LogP contribution in [0.2, 0.25) is 0 Å². The minimum Gasteiger partial charge on any atom is -0.314 e. The van der Waals surface area contributed by atoms with Crippen LogP contribution in [0.4, 0.5) is 0 Å². The number of hydrogen-bond donors (Lipinski definition) is 1. The molecule has 0 fully saturated rings. The van der Waals surface area contributed by atoms with E-state index in [0.29, 0.717) is 6.04 Å². The van der Waals surface area contributed by atoms with Crippen LogP contribution in [0.25, 0.3) is 0 Å². The van der Waals surface area contributed by atoms with Crippen LogP contribution in [-0.4, -0.2) is 24.1 Å². The van der Waals surface area contributed by atoms with Crippen molar-refractivity contribution in [1.29, 1.82) is 0 Å². The Morgan fingerprint density at radius 3 is 2.25 bits per heavy atom. The van der Waals surface area contributed by atoms with Gasteiger partial charge in [0.1, 0.15) is 0 Å². The average Bonchev–Trinajstić information content (AvgIpc) is 2.30. The summed E-state index contributed by atoms with van der Waals surface area (Å²) in [5.74, 6) is 2.74.